The molecule has 15 heavy (non-hydrogen) atoms. The van der Waals surface area contributed by atoms with Crippen LogP contribution in [-0.4, -0.2) is 24.1 Å². The minimum Gasteiger partial charge on any atom is -0.347 e. The summed E-state index contributed by atoms with van der Waals surface area (Å²) in [6, 6.07) is 0. The first kappa shape index (κ1) is 12.0. The SMILES string of the molecule is CN(C)c1ncc(CCl)c(C(F)(F)F)n1. The van der Waals surface area contributed by atoms with Gasteiger partial charge in [0.15, 0.2) is 5.69 Å². The summed E-state index contributed by atoms with van der Waals surface area (Å²) in [5.41, 5.74) is -1.09. The van der Waals surface area contributed by atoms with Crippen LogP contribution in [0.2, 0.25) is 0 Å². The Hall–Kier alpha value is -1.04. The third kappa shape index (κ3) is 2.71. The van der Waals surface area contributed by atoms with E-state index >= 15 is 0 Å². The van der Waals surface area contributed by atoms with Gasteiger partial charge in [-0.25, -0.2) is 9.97 Å². The standard InChI is InChI=1S/C8H9ClF3N3/c1-15(2)7-13-4-5(3-9)6(14-7)8(10,11)12/h4H,3H2,1-2H3. The van der Waals surface area contributed by atoms with Crippen LogP contribution in [-0.2, 0) is 12.1 Å². The highest BCUT2D eigenvalue weighted by Gasteiger charge is 2.35. The topological polar surface area (TPSA) is 29.0 Å². The highest BCUT2D eigenvalue weighted by atomic mass is 35.5. The van der Waals surface area contributed by atoms with Gasteiger partial charge in [-0.05, 0) is 0 Å². The van der Waals surface area contributed by atoms with Gasteiger partial charge in [0, 0.05) is 25.9 Å². The van der Waals surface area contributed by atoms with E-state index in [2.05, 4.69) is 9.97 Å². The molecule has 0 aliphatic heterocycles. The zero-order chi connectivity index (χ0) is 11.6. The lowest BCUT2D eigenvalue weighted by molar-refractivity contribution is -0.141. The first-order valence-corrected chi connectivity index (χ1v) is 4.56. The number of halogens is 4. The van der Waals surface area contributed by atoms with Crippen molar-refractivity contribution in [2.45, 2.75) is 12.1 Å². The van der Waals surface area contributed by atoms with Crippen molar-refractivity contribution in [3.63, 3.8) is 0 Å². The van der Waals surface area contributed by atoms with Crippen LogP contribution in [0, 0.1) is 0 Å². The van der Waals surface area contributed by atoms with E-state index in [0.717, 1.165) is 6.20 Å². The number of hydrogen-bond donors (Lipinski definition) is 0. The van der Waals surface area contributed by atoms with Crippen molar-refractivity contribution in [1.29, 1.82) is 0 Å². The molecule has 0 fully saturated rings. The van der Waals surface area contributed by atoms with Crippen LogP contribution in [0.4, 0.5) is 19.1 Å². The number of alkyl halides is 4. The van der Waals surface area contributed by atoms with Crippen molar-refractivity contribution in [3.8, 4) is 0 Å². The predicted molar refractivity (Wildman–Crippen MR) is 50.9 cm³/mol. The van der Waals surface area contributed by atoms with Crippen molar-refractivity contribution >= 4 is 17.5 Å². The second-order valence-corrected chi connectivity index (χ2v) is 3.34. The number of aromatic nitrogens is 2. The molecule has 1 rings (SSSR count). The van der Waals surface area contributed by atoms with Gasteiger partial charge in [-0.15, -0.1) is 11.6 Å². The van der Waals surface area contributed by atoms with Crippen molar-refractivity contribution in [2.24, 2.45) is 0 Å². The Labute approximate surface area is 89.9 Å². The number of rotatable bonds is 2. The quantitative estimate of drug-likeness (QED) is 0.742. The Morgan fingerprint density at radius 1 is 1.40 bits per heavy atom. The molecule has 0 aliphatic rings. The maximum atomic E-state index is 12.5. The van der Waals surface area contributed by atoms with Crippen LogP contribution in [0.15, 0.2) is 6.20 Å². The van der Waals surface area contributed by atoms with Crippen LogP contribution in [0.1, 0.15) is 11.3 Å². The van der Waals surface area contributed by atoms with Crippen LogP contribution >= 0.6 is 11.6 Å². The number of hydrogen-bond acceptors (Lipinski definition) is 3. The van der Waals surface area contributed by atoms with Crippen molar-refractivity contribution < 1.29 is 13.2 Å². The van der Waals surface area contributed by atoms with Gasteiger partial charge in [-0.3, -0.25) is 0 Å². The van der Waals surface area contributed by atoms with Gasteiger partial charge >= 0.3 is 6.18 Å². The minimum atomic E-state index is -4.50. The molecular weight excluding hydrogens is 231 g/mol. The fourth-order valence-electron chi connectivity index (χ4n) is 0.956. The molecule has 0 bridgehead atoms. The van der Waals surface area contributed by atoms with Crippen molar-refractivity contribution in [2.75, 3.05) is 19.0 Å². The molecule has 0 spiro atoms. The van der Waals surface area contributed by atoms with Crippen LogP contribution in [0.25, 0.3) is 0 Å². The van der Waals surface area contributed by atoms with Gasteiger partial charge in [-0.2, -0.15) is 13.2 Å². The summed E-state index contributed by atoms with van der Waals surface area (Å²) >= 11 is 5.38. The molecule has 1 aromatic rings. The van der Waals surface area contributed by atoms with Gasteiger partial charge < -0.3 is 4.90 Å². The van der Waals surface area contributed by atoms with E-state index in [1.807, 2.05) is 0 Å². The van der Waals surface area contributed by atoms with Crippen LogP contribution < -0.4 is 4.90 Å². The average molecular weight is 240 g/mol. The third-order valence-electron chi connectivity index (χ3n) is 1.66. The molecule has 3 nitrogen and oxygen atoms in total. The van der Waals surface area contributed by atoms with E-state index < -0.39 is 11.9 Å². The fraction of sp³-hybridized carbons (Fsp3) is 0.500. The Morgan fingerprint density at radius 3 is 2.40 bits per heavy atom. The summed E-state index contributed by atoms with van der Waals surface area (Å²) in [5, 5.41) is 0. The lowest BCUT2D eigenvalue weighted by Crippen LogP contribution is -2.18. The molecule has 84 valence electrons. The molecule has 0 unspecified atom stereocenters. The highest BCUT2D eigenvalue weighted by molar-refractivity contribution is 6.17. The maximum Gasteiger partial charge on any atom is 0.433 e. The molecule has 0 radical (unpaired) electrons. The van der Waals surface area contributed by atoms with E-state index in [4.69, 9.17) is 11.6 Å². The second-order valence-electron chi connectivity index (χ2n) is 3.07. The molecule has 0 atom stereocenters. The van der Waals surface area contributed by atoms with E-state index in [9.17, 15) is 13.2 Å². The summed E-state index contributed by atoms with van der Waals surface area (Å²) in [6.07, 6.45) is -3.41. The molecule has 0 aliphatic carbocycles. The van der Waals surface area contributed by atoms with E-state index in [1.165, 1.54) is 4.90 Å². The van der Waals surface area contributed by atoms with Gasteiger partial charge in [-0.1, -0.05) is 0 Å². The first-order valence-electron chi connectivity index (χ1n) is 4.02. The fourth-order valence-corrected chi connectivity index (χ4v) is 1.15. The lowest BCUT2D eigenvalue weighted by atomic mass is 10.2. The van der Waals surface area contributed by atoms with Gasteiger partial charge in [0.05, 0.1) is 5.88 Å². The third-order valence-corrected chi connectivity index (χ3v) is 1.95. The van der Waals surface area contributed by atoms with Crippen molar-refractivity contribution in [3.05, 3.63) is 17.5 Å². The van der Waals surface area contributed by atoms with E-state index in [1.54, 1.807) is 14.1 Å². The number of anilines is 1. The summed E-state index contributed by atoms with van der Waals surface area (Å²) in [7, 11) is 3.13. The molecular formula is C8H9ClF3N3. The summed E-state index contributed by atoms with van der Waals surface area (Å²) < 4.78 is 37.5. The normalized spacial score (nSPS) is 11.6. The molecule has 0 aromatic carbocycles. The highest BCUT2D eigenvalue weighted by Crippen LogP contribution is 2.31. The molecule has 0 saturated carbocycles. The van der Waals surface area contributed by atoms with E-state index in [0.29, 0.717) is 0 Å². The Morgan fingerprint density at radius 2 is 2.00 bits per heavy atom. The second kappa shape index (κ2) is 4.22. The zero-order valence-electron chi connectivity index (χ0n) is 8.14. The van der Waals surface area contributed by atoms with Gasteiger partial charge in [0.25, 0.3) is 0 Å². The van der Waals surface area contributed by atoms with Gasteiger partial charge in [0.1, 0.15) is 0 Å². The minimum absolute atomic E-state index is 0.0104. The molecule has 7 heteroatoms. The lowest BCUT2D eigenvalue weighted by Gasteiger charge is -2.14. The van der Waals surface area contributed by atoms with Crippen LogP contribution in [0.3, 0.4) is 0 Å². The van der Waals surface area contributed by atoms with E-state index in [-0.39, 0.29) is 17.4 Å². The molecule has 0 amide bonds. The van der Waals surface area contributed by atoms with Crippen molar-refractivity contribution in [1.82, 2.24) is 9.97 Å². The summed E-state index contributed by atoms with van der Waals surface area (Å²) in [5.74, 6) is -0.251. The average Bonchev–Trinajstić information content (AvgIpc) is 2.15. The summed E-state index contributed by atoms with van der Waals surface area (Å²) in [6.45, 7) is 0. The predicted octanol–water partition coefficient (Wildman–Crippen LogP) is 2.30. The molecule has 1 heterocycles. The molecule has 0 N–H and O–H groups in total. The Kier molecular flexibility index (Phi) is 3.38. The molecule has 1 aromatic heterocycles. The largest absolute Gasteiger partial charge is 0.433 e. The molecule has 0 saturated heterocycles. The monoisotopic (exact) mass is 239 g/mol. The maximum absolute atomic E-state index is 12.5. The Balaban J connectivity index is 3.26. The van der Waals surface area contributed by atoms with Gasteiger partial charge in [0.2, 0.25) is 5.95 Å². The number of nitrogens with zero attached hydrogens (tertiary/aromatic N) is 3. The smallest absolute Gasteiger partial charge is 0.347 e. The Bertz CT molecular complexity index is 351. The first-order chi connectivity index (χ1) is 6.86. The van der Waals surface area contributed by atoms with Crippen LogP contribution in [0.5, 0.6) is 0 Å². The summed E-state index contributed by atoms with van der Waals surface area (Å²) in [4.78, 5) is 8.57. The zero-order valence-corrected chi connectivity index (χ0v) is 8.89.